The SMILES string of the molecule is CCOC(=O)Nc1ccc2c(COC(=O)c3cc(S(=O)(=O)N(CC)CC)ccc3Cl)cc(=O)oc2c1. The molecular formula is C24H25ClN2O8S. The Morgan fingerprint density at radius 1 is 1.03 bits per heavy atom. The van der Waals surface area contributed by atoms with Crippen LogP contribution in [0.3, 0.4) is 0 Å². The average molecular weight is 537 g/mol. The van der Waals surface area contributed by atoms with Crippen LogP contribution in [0.15, 0.2) is 56.6 Å². The van der Waals surface area contributed by atoms with E-state index in [2.05, 4.69) is 5.32 Å². The van der Waals surface area contributed by atoms with Crippen molar-refractivity contribution in [1.29, 1.82) is 0 Å². The molecule has 0 saturated heterocycles. The molecule has 0 saturated carbocycles. The number of fused-ring (bicyclic) bond motifs is 1. The van der Waals surface area contributed by atoms with Crippen molar-refractivity contribution < 1.29 is 31.9 Å². The summed E-state index contributed by atoms with van der Waals surface area (Å²) in [7, 11) is -3.82. The molecule has 0 atom stereocenters. The van der Waals surface area contributed by atoms with Gasteiger partial charge in [-0.1, -0.05) is 25.4 Å². The van der Waals surface area contributed by atoms with E-state index in [0.717, 1.165) is 0 Å². The first-order valence-electron chi connectivity index (χ1n) is 11.1. The molecule has 0 aliphatic heterocycles. The molecule has 1 N–H and O–H groups in total. The number of halogens is 1. The summed E-state index contributed by atoms with van der Waals surface area (Å²) in [5.41, 5.74) is 0.0371. The lowest BCUT2D eigenvalue weighted by Gasteiger charge is -2.19. The van der Waals surface area contributed by atoms with Gasteiger partial charge >= 0.3 is 17.7 Å². The van der Waals surface area contributed by atoms with Gasteiger partial charge in [0.2, 0.25) is 10.0 Å². The fourth-order valence-electron chi connectivity index (χ4n) is 3.47. The third-order valence-corrected chi connectivity index (χ3v) is 7.59. The van der Waals surface area contributed by atoms with Crippen molar-refractivity contribution in [3.05, 3.63) is 69.0 Å². The minimum Gasteiger partial charge on any atom is -0.457 e. The fraction of sp³-hybridized carbons (Fsp3) is 0.292. The average Bonchev–Trinajstić information content (AvgIpc) is 2.82. The highest BCUT2D eigenvalue weighted by atomic mass is 35.5. The van der Waals surface area contributed by atoms with Crippen LogP contribution in [0.1, 0.15) is 36.7 Å². The molecule has 192 valence electrons. The number of hydrogen-bond donors (Lipinski definition) is 1. The van der Waals surface area contributed by atoms with Crippen molar-refractivity contribution in [1.82, 2.24) is 4.31 Å². The van der Waals surface area contributed by atoms with Gasteiger partial charge < -0.3 is 13.9 Å². The summed E-state index contributed by atoms with van der Waals surface area (Å²) in [4.78, 5) is 36.4. The predicted octanol–water partition coefficient (Wildman–Crippen LogP) is 4.40. The summed E-state index contributed by atoms with van der Waals surface area (Å²) in [5, 5.41) is 3.00. The van der Waals surface area contributed by atoms with E-state index in [9.17, 15) is 22.8 Å². The molecule has 0 spiro atoms. The number of nitrogens with zero attached hydrogens (tertiary/aromatic N) is 1. The van der Waals surface area contributed by atoms with Crippen LogP contribution in [0.5, 0.6) is 0 Å². The number of sulfonamides is 1. The maximum absolute atomic E-state index is 12.8. The maximum atomic E-state index is 12.8. The van der Waals surface area contributed by atoms with E-state index < -0.39 is 27.7 Å². The molecular weight excluding hydrogens is 512 g/mol. The monoisotopic (exact) mass is 536 g/mol. The van der Waals surface area contributed by atoms with Crippen LogP contribution in [-0.2, 0) is 26.1 Å². The smallest absolute Gasteiger partial charge is 0.411 e. The zero-order valence-corrected chi connectivity index (χ0v) is 21.4. The minimum atomic E-state index is -3.82. The number of amides is 1. The van der Waals surface area contributed by atoms with Gasteiger partial charge in [-0.15, -0.1) is 0 Å². The Morgan fingerprint density at radius 2 is 1.75 bits per heavy atom. The van der Waals surface area contributed by atoms with Crippen molar-refractivity contribution >= 4 is 50.3 Å². The van der Waals surface area contributed by atoms with Crippen molar-refractivity contribution in [3.63, 3.8) is 0 Å². The van der Waals surface area contributed by atoms with Gasteiger partial charge in [-0.05, 0) is 37.3 Å². The summed E-state index contributed by atoms with van der Waals surface area (Å²) in [6.07, 6.45) is -0.661. The number of carbonyl (C=O) groups excluding carboxylic acids is 2. The molecule has 0 aliphatic rings. The predicted molar refractivity (Wildman–Crippen MR) is 134 cm³/mol. The molecule has 1 aromatic heterocycles. The highest BCUT2D eigenvalue weighted by molar-refractivity contribution is 7.89. The van der Waals surface area contributed by atoms with E-state index in [0.29, 0.717) is 16.6 Å². The van der Waals surface area contributed by atoms with Crippen LogP contribution in [0, 0.1) is 0 Å². The highest BCUT2D eigenvalue weighted by Crippen LogP contribution is 2.26. The lowest BCUT2D eigenvalue weighted by atomic mass is 10.1. The van der Waals surface area contributed by atoms with Crippen LogP contribution < -0.4 is 10.9 Å². The Hall–Kier alpha value is -3.41. The molecule has 0 aliphatic carbocycles. The molecule has 0 unspecified atom stereocenters. The summed E-state index contributed by atoms with van der Waals surface area (Å²) in [6, 6.07) is 9.59. The van der Waals surface area contributed by atoms with E-state index in [1.165, 1.54) is 34.6 Å². The number of rotatable bonds is 9. The largest absolute Gasteiger partial charge is 0.457 e. The number of benzene rings is 2. The number of nitrogens with one attached hydrogen (secondary N) is 1. The second-order valence-corrected chi connectivity index (χ2v) is 9.80. The van der Waals surface area contributed by atoms with E-state index in [1.807, 2.05) is 0 Å². The standard InChI is InChI=1S/C24H25ClN2O8S/c1-4-27(5-2)36(31,32)17-8-10-20(25)19(13-17)23(29)34-14-15-11-22(28)35-21-12-16(7-9-18(15)21)26-24(30)33-6-3/h7-13H,4-6,14H2,1-3H3,(H,26,30). The molecule has 12 heteroatoms. The molecule has 1 heterocycles. The van der Waals surface area contributed by atoms with Gasteiger partial charge in [0.25, 0.3) is 0 Å². The minimum absolute atomic E-state index is 0.0191. The fourth-order valence-corrected chi connectivity index (χ4v) is 5.15. The maximum Gasteiger partial charge on any atom is 0.411 e. The second-order valence-electron chi connectivity index (χ2n) is 7.45. The Bertz CT molecular complexity index is 1450. The van der Waals surface area contributed by atoms with E-state index in [4.69, 9.17) is 25.5 Å². The van der Waals surface area contributed by atoms with Crippen molar-refractivity contribution in [2.45, 2.75) is 32.3 Å². The van der Waals surface area contributed by atoms with Gasteiger partial charge in [-0.25, -0.2) is 22.8 Å². The quantitative estimate of drug-likeness (QED) is 0.314. The number of anilines is 1. The molecule has 2 aromatic carbocycles. The van der Waals surface area contributed by atoms with Gasteiger partial charge in [0.15, 0.2) is 0 Å². The van der Waals surface area contributed by atoms with Gasteiger partial charge in [0, 0.05) is 41.9 Å². The van der Waals surface area contributed by atoms with Crippen LogP contribution in [-0.4, -0.2) is 44.5 Å². The third kappa shape index (κ3) is 6.04. The molecule has 1 amide bonds. The lowest BCUT2D eigenvalue weighted by molar-refractivity contribution is 0.0473. The first-order chi connectivity index (χ1) is 17.1. The topological polar surface area (TPSA) is 132 Å². The van der Waals surface area contributed by atoms with Crippen molar-refractivity contribution in [2.75, 3.05) is 25.0 Å². The number of hydrogen-bond acceptors (Lipinski definition) is 8. The second kappa shape index (κ2) is 11.5. The third-order valence-electron chi connectivity index (χ3n) is 5.21. The number of esters is 1. The molecule has 10 nitrogen and oxygen atoms in total. The van der Waals surface area contributed by atoms with E-state index in [-0.39, 0.29) is 47.4 Å². The van der Waals surface area contributed by atoms with E-state index in [1.54, 1.807) is 32.9 Å². The summed E-state index contributed by atoms with van der Waals surface area (Å²) < 4.78 is 42.3. The highest BCUT2D eigenvalue weighted by Gasteiger charge is 2.24. The molecule has 36 heavy (non-hydrogen) atoms. The number of carbonyl (C=O) groups is 2. The Labute approximate surface area is 212 Å². The zero-order chi connectivity index (χ0) is 26.5. The first-order valence-corrected chi connectivity index (χ1v) is 12.9. The summed E-state index contributed by atoms with van der Waals surface area (Å²) >= 11 is 6.15. The lowest BCUT2D eigenvalue weighted by Crippen LogP contribution is -2.30. The summed E-state index contributed by atoms with van der Waals surface area (Å²) in [6.45, 7) is 5.50. The Kier molecular flexibility index (Phi) is 8.72. The van der Waals surface area contributed by atoms with Crippen molar-refractivity contribution in [3.8, 4) is 0 Å². The zero-order valence-electron chi connectivity index (χ0n) is 19.9. The molecule has 3 rings (SSSR count). The van der Waals surface area contributed by atoms with Crippen molar-refractivity contribution in [2.24, 2.45) is 0 Å². The molecule has 0 fully saturated rings. The molecule has 0 bridgehead atoms. The van der Waals surface area contributed by atoms with Crippen LogP contribution >= 0.6 is 11.6 Å². The Morgan fingerprint density at radius 3 is 2.42 bits per heavy atom. The normalized spacial score (nSPS) is 11.5. The molecule has 0 radical (unpaired) electrons. The van der Waals surface area contributed by atoms with Gasteiger partial charge in [0.1, 0.15) is 12.2 Å². The van der Waals surface area contributed by atoms with Gasteiger partial charge in [-0.2, -0.15) is 4.31 Å². The first kappa shape index (κ1) is 27.2. The van der Waals surface area contributed by atoms with Crippen LogP contribution in [0.4, 0.5) is 10.5 Å². The van der Waals surface area contributed by atoms with Gasteiger partial charge in [-0.3, -0.25) is 5.32 Å². The van der Waals surface area contributed by atoms with Gasteiger partial charge in [0.05, 0.1) is 22.1 Å². The Balaban J connectivity index is 1.86. The van der Waals surface area contributed by atoms with Crippen LogP contribution in [0.2, 0.25) is 5.02 Å². The number of ether oxygens (including phenoxy) is 2. The molecule has 3 aromatic rings. The van der Waals surface area contributed by atoms with Crippen LogP contribution in [0.25, 0.3) is 11.0 Å². The van der Waals surface area contributed by atoms with E-state index >= 15 is 0 Å². The summed E-state index contributed by atoms with van der Waals surface area (Å²) in [5.74, 6) is -0.862.